The van der Waals surface area contributed by atoms with Gasteiger partial charge >= 0.3 is 33.6 Å². The minimum Gasteiger partial charge on any atom is -0.463 e. The van der Waals surface area contributed by atoms with Crippen LogP contribution in [-0.4, -0.2) is 95.9 Å². The zero-order valence-electron chi connectivity index (χ0n) is 60.2. The number of hydrogen-bond donors (Lipinski definition) is 4. The zero-order valence-corrected chi connectivity index (χ0v) is 62.0. The molecule has 0 bridgehead atoms. The standard InChI is InChI=1S/C79H132O16P2/c1-4-7-10-13-16-19-22-25-27-29-30-31-32-33-34-35-36-37-38-39-40-41-42-44-46-48-50-53-56-59-62-65-77(82)89-68-74(80)69-91-96(85,86)92-70-75(81)71-93-97(87,88)94-73-76(95-79(84)67-64-61-58-55-52-47-24-21-18-15-12-9-6-3)72-90-78(83)66-63-60-57-54-51-49-45-43-28-26-23-20-17-14-11-8-5-2/h7-8,10-12,15-17,19-21,24-28,30-31,33-34,36-37,45,49,74-76,80-81H,4-6,9,13-14,18,22-23,29,32,35,38-44,46-48,50-73H2,1-3H3,(H,85,86)(H,87,88)/b10-7-,11-8-,15-12-,19-16-,20-17-,24-21-,27-25-,28-26-,31-30-,34-33-,37-36-,49-45-. The number of rotatable bonds is 69. The predicted octanol–water partition coefficient (Wildman–Crippen LogP) is 21.3. The fourth-order valence-electron chi connectivity index (χ4n) is 9.43. The first-order chi connectivity index (χ1) is 47.2. The average Bonchev–Trinajstić information content (AvgIpc) is 1.62. The van der Waals surface area contributed by atoms with Gasteiger partial charge in [0.25, 0.3) is 0 Å². The SMILES string of the molecule is CC/C=C\C/C=C\C/C=C\C/C=C\C/C=C\C/C=C\CCCCCCCCCCCCCCC(=O)OCC(O)COP(=O)(O)OCC(O)COP(=O)(O)OCC(COC(=O)CCCCCC/C=C\C/C=C\C/C=C\C/C=C\CC)OC(=O)CCCCCCC/C=C\C/C=C\CCC. The molecule has 0 aliphatic carbocycles. The molecule has 0 aliphatic rings. The number of carbonyl (C=O) groups excluding carboxylic acids is 3. The fourth-order valence-corrected chi connectivity index (χ4v) is 11.0. The highest BCUT2D eigenvalue weighted by Crippen LogP contribution is 2.45. The van der Waals surface area contributed by atoms with Crippen LogP contribution in [0.3, 0.4) is 0 Å². The Morgan fingerprint density at radius 1 is 0.299 bits per heavy atom. The molecule has 16 nitrogen and oxygen atoms in total. The summed E-state index contributed by atoms with van der Waals surface area (Å²) in [5.74, 6) is -1.63. The van der Waals surface area contributed by atoms with Crippen LogP contribution < -0.4 is 0 Å². The number of unbranched alkanes of at least 4 members (excludes halogenated alkanes) is 22. The van der Waals surface area contributed by atoms with Crippen LogP contribution in [0.4, 0.5) is 0 Å². The van der Waals surface area contributed by atoms with E-state index in [9.17, 15) is 43.5 Å². The maximum absolute atomic E-state index is 12.9. The van der Waals surface area contributed by atoms with Gasteiger partial charge < -0.3 is 34.2 Å². The number of ether oxygens (including phenoxy) is 3. The van der Waals surface area contributed by atoms with E-state index >= 15 is 0 Å². The van der Waals surface area contributed by atoms with E-state index in [1.54, 1.807) is 0 Å². The van der Waals surface area contributed by atoms with Crippen LogP contribution in [0.5, 0.6) is 0 Å². The van der Waals surface area contributed by atoms with Crippen LogP contribution in [0, 0.1) is 0 Å². The number of aliphatic hydroxyl groups excluding tert-OH is 2. The summed E-state index contributed by atoms with van der Waals surface area (Å²) in [6.07, 6.45) is 86.3. The van der Waals surface area contributed by atoms with E-state index in [2.05, 4.69) is 167 Å². The van der Waals surface area contributed by atoms with Crippen LogP contribution in [-0.2, 0) is 55.8 Å². The van der Waals surface area contributed by atoms with Crippen molar-refractivity contribution in [3.63, 3.8) is 0 Å². The smallest absolute Gasteiger partial charge is 0.463 e. The van der Waals surface area contributed by atoms with Gasteiger partial charge in [0.05, 0.1) is 26.4 Å². The molecule has 554 valence electrons. The van der Waals surface area contributed by atoms with Crippen molar-refractivity contribution in [1.29, 1.82) is 0 Å². The van der Waals surface area contributed by atoms with E-state index in [1.807, 2.05) is 0 Å². The Labute approximate surface area is 587 Å². The van der Waals surface area contributed by atoms with Gasteiger partial charge in [0.1, 0.15) is 25.4 Å². The summed E-state index contributed by atoms with van der Waals surface area (Å²) in [5, 5.41) is 20.6. The van der Waals surface area contributed by atoms with Crippen molar-refractivity contribution in [2.45, 2.75) is 296 Å². The molecule has 0 spiro atoms. The topological polar surface area (TPSA) is 231 Å². The van der Waals surface area contributed by atoms with Crippen molar-refractivity contribution < 1.29 is 75.8 Å². The first-order valence-corrected chi connectivity index (χ1v) is 40.1. The molecule has 0 rings (SSSR count). The van der Waals surface area contributed by atoms with E-state index in [4.69, 9.17) is 32.3 Å². The van der Waals surface area contributed by atoms with Gasteiger partial charge in [-0.2, -0.15) is 0 Å². The van der Waals surface area contributed by atoms with Gasteiger partial charge in [-0.3, -0.25) is 32.5 Å². The lowest BCUT2D eigenvalue weighted by atomic mass is 10.0. The minimum atomic E-state index is -4.94. The molecule has 18 heteroatoms. The fraction of sp³-hybridized carbons (Fsp3) is 0.658. The number of phosphoric ester groups is 2. The summed E-state index contributed by atoms with van der Waals surface area (Å²) in [7, 11) is -9.80. The Balaban J connectivity index is 4.47. The number of aliphatic hydroxyl groups is 2. The van der Waals surface area contributed by atoms with Crippen molar-refractivity contribution in [2.24, 2.45) is 0 Å². The lowest BCUT2D eigenvalue weighted by molar-refractivity contribution is -0.161. The van der Waals surface area contributed by atoms with Gasteiger partial charge in [-0.25, -0.2) is 9.13 Å². The largest absolute Gasteiger partial charge is 0.472 e. The van der Waals surface area contributed by atoms with E-state index < -0.39 is 91.5 Å². The maximum atomic E-state index is 12.9. The van der Waals surface area contributed by atoms with Crippen LogP contribution in [0.2, 0.25) is 0 Å². The van der Waals surface area contributed by atoms with Gasteiger partial charge in [-0.05, 0) is 135 Å². The lowest BCUT2D eigenvalue weighted by Crippen LogP contribution is -2.30. The molecule has 0 heterocycles. The normalized spacial score (nSPS) is 14.9. The van der Waals surface area contributed by atoms with Crippen LogP contribution in [0.25, 0.3) is 0 Å². The molecular formula is C79H132O16P2. The van der Waals surface area contributed by atoms with Gasteiger partial charge in [-0.15, -0.1) is 0 Å². The molecule has 0 radical (unpaired) electrons. The Morgan fingerprint density at radius 3 is 0.866 bits per heavy atom. The van der Waals surface area contributed by atoms with E-state index in [0.29, 0.717) is 19.3 Å². The van der Waals surface area contributed by atoms with Crippen LogP contribution in [0.15, 0.2) is 146 Å². The lowest BCUT2D eigenvalue weighted by Gasteiger charge is -2.21. The van der Waals surface area contributed by atoms with Gasteiger partial charge in [-0.1, -0.05) is 269 Å². The zero-order chi connectivity index (χ0) is 70.9. The Morgan fingerprint density at radius 2 is 0.546 bits per heavy atom. The molecule has 0 fully saturated rings. The first kappa shape index (κ1) is 92.4. The van der Waals surface area contributed by atoms with E-state index in [-0.39, 0.29) is 19.3 Å². The van der Waals surface area contributed by atoms with Crippen LogP contribution in [0.1, 0.15) is 278 Å². The van der Waals surface area contributed by atoms with Crippen molar-refractivity contribution in [3.8, 4) is 0 Å². The maximum Gasteiger partial charge on any atom is 0.472 e. The van der Waals surface area contributed by atoms with Gasteiger partial charge in [0.2, 0.25) is 0 Å². The third-order valence-corrected chi connectivity index (χ3v) is 16.9. The molecule has 0 aromatic heterocycles. The molecule has 5 atom stereocenters. The number of carbonyl (C=O) groups is 3. The molecule has 0 amide bonds. The number of esters is 3. The van der Waals surface area contributed by atoms with E-state index in [0.717, 1.165) is 167 Å². The highest BCUT2D eigenvalue weighted by Gasteiger charge is 2.29. The van der Waals surface area contributed by atoms with Crippen molar-refractivity contribution in [2.75, 3.05) is 39.6 Å². The molecule has 0 aliphatic heterocycles. The summed E-state index contributed by atoms with van der Waals surface area (Å²) >= 11 is 0. The summed E-state index contributed by atoms with van der Waals surface area (Å²) in [5.41, 5.74) is 0. The Bertz CT molecular complexity index is 2350. The first-order valence-electron chi connectivity index (χ1n) is 37.1. The predicted molar refractivity (Wildman–Crippen MR) is 399 cm³/mol. The van der Waals surface area contributed by atoms with Gasteiger partial charge in [0.15, 0.2) is 6.10 Å². The molecule has 0 aromatic carbocycles. The summed E-state index contributed by atoms with van der Waals surface area (Å²) in [6.45, 7) is 2.32. The second kappa shape index (κ2) is 71.3. The van der Waals surface area contributed by atoms with Crippen molar-refractivity contribution in [1.82, 2.24) is 0 Å². The van der Waals surface area contributed by atoms with Crippen molar-refractivity contribution in [3.05, 3.63) is 146 Å². The third-order valence-electron chi connectivity index (χ3n) is 15.0. The van der Waals surface area contributed by atoms with Crippen LogP contribution >= 0.6 is 15.6 Å². The second-order valence-electron chi connectivity index (χ2n) is 24.3. The molecule has 0 saturated carbocycles. The average molecular weight is 1400 g/mol. The highest BCUT2D eigenvalue weighted by atomic mass is 31.2. The number of hydrogen-bond acceptors (Lipinski definition) is 14. The quantitative estimate of drug-likeness (QED) is 0.0146. The third kappa shape index (κ3) is 72.5. The minimum absolute atomic E-state index is 0.0793. The number of allylic oxidation sites excluding steroid dienone is 24. The van der Waals surface area contributed by atoms with E-state index in [1.165, 1.54) is 51.4 Å². The molecular weight excluding hydrogens is 1270 g/mol. The van der Waals surface area contributed by atoms with Crippen molar-refractivity contribution >= 4 is 33.6 Å². The number of phosphoric acid groups is 2. The molecule has 5 unspecified atom stereocenters. The van der Waals surface area contributed by atoms with Gasteiger partial charge in [0, 0.05) is 19.3 Å². The summed E-state index contributed by atoms with van der Waals surface area (Å²) in [4.78, 5) is 58.4. The molecule has 97 heavy (non-hydrogen) atoms. The Hall–Kier alpha value is -4.57. The highest BCUT2D eigenvalue weighted by molar-refractivity contribution is 7.47. The second-order valence-corrected chi connectivity index (χ2v) is 27.2. The summed E-state index contributed by atoms with van der Waals surface area (Å²) < 4.78 is 60.9. The monoisotopic (exact) mass is 1400 g/mol. The molecule has 0 aromatic rings. The molecule has 4 N–H and O–H groups in total. The summed E-state index contributed by atoms with van der Waals surface area (Å²) in [6, 6.07) is 0. The molecule has 0 saturated heterocycles. The Kier molecular flexibility index (Phi) is 67.9.